The molecule has 0 radical (unpaired) electrons. The molecular formula is C15H29N3O7. The number of carboxylic acid groups (broad SMARTS) is 2. The van der Waals surface area contributed by atoms with E-state index in [1.165, 1.54) is 0 Å². The molecule has 10 heteroatoms. The van der Waals surface area contributed by atoms with Crippen LogP contribution in [-0.4, -0.2) is 118 Å². The van der Waals surface area contributed by atoms with Crippen LogP contribution in [0.5, 0.6) is 0 Å². The highest BCUT2D eigenvalue weighted by atomic mass is 16.4. The van der Waals surface area contributed by atoms with Gasteiger partial charge in [0.05, 0.1) is 49.3 Å². The number of hydrogen-bond donors (Lipinski definition) is 6. The van der Waals surface area contributed by atoms with Crippen LogP contribution >= 0.6 is 0 Å². The van der Waals surface area contributed by atoms with Crippen LogP contribution in [0.4, 0.5) is 0 Å². The minimum Gasteiger partial charge on any atom is -0.481 e. The molecule has 146 valence electrons. The fourth-order valence-corrected chi connectivity index (χ4v) is 3.46. The zero-order chi connectivity index (χ0) is 19.3. The molecule has 0 bridgehead atoms. The van der Waals surface area contributed by atoms with E-state index in [1.807, 2.05) is 0 Å². The van der Waals surface area contributed by atoms with Crippen LogP contribution in [0.1, 0.15) is 12.8 Å². The highest BCUT2D eigenvalue weighted by Crippen LogP contribution is 2.28. The van der Waals surface area contributed by atoms with Gasteiger partial charge in [-0.15, -0.1) is 0 Å². The Morgan fingerprint density at radius 3 is 1.48 bits per heavy atom. The second kappa shape index (κ2) is 9.41. The van der Waals surface area contributed by atoms with Gasteiger partial charge in [-0.05, 0) is 21.1 Å². The van der Waals surface area contributed by atoms with Gasteiger partial charge in [-0.2, -0.15) is 0 Å². The van der Waals surface area contributed by atoms with E-state index in [0.717, 1.165) is 0 Å². The van der Waals surface area contributed by atoms with E-state index in [2.05, 4.69) is 5.32 Å². The molecular weight excluding hydrogens is 334 g/mol. The Labute approximate surface area is 146 Å². The van der Waals surface area contributed by atoms with E-state index < -0.39 is 48.4 Å². The molecule has 25 heavy (non-hydrogen) atoms. The average Bonchev–Trinajstić information content (AvgIpc) is 2.51. The number of likely N-dealkylation sites (N-methyl/N-ethyl adjacent to an activating group) is 3. The van der Waals surface area contributed by atoms with Gasteiger partial charge in [0.1, 0.15) is 0 Å². The van der Waals surface area contributed by atoms with E-state index in [0.29, 0.717) is 0 Å². The number of carboxylic acids is 2. The predicted molar refractivity (Wildman–Crippen MR) is 88.2 cm³/mol. The molecule has 1 aliphatic carbocycles. The molecule has 0 aromatic heterocycles. The summed E-state index contributed by atoms with van der Waals surface area (Å²) in [5, 5.41) is 52.3. The summed E-state index contributed by atoms with van der Waals surface area (Å²) in [5.74, 6) is -1.99. The SMILES string of the molecule is CN[C@H]1[C@@H](O)[C@@H](N(C)CCC(=O)O)[C@@H](O)[C@@H](N(C)CCC(=O)O)[C@H]1O. The van der Waals surface area contributed by atoms with Gasteiger partial charge in [-0.3, -0.25) is 19.4 Å². The lowest BCUT2D eigenvalue weighted by molar-refractivity contribution is -0.153. The number of carbonyl (C=O) groups is 2. The van der Waals surface area contributed by atoms with Crippen LogP contribution in [0, 0.1) is 0 Å². The third-order valence-corrected chi connectivity index (χ3v) is 4.84. The molecule has 0 saturated heterocycles. The number of aliphatic hydroxyl groups is 3. The third kappa shape index (κ3) is 5.33. The summed E-state index contributed by atoms with van der Waals surface area (Å²) in [6.07, 6.45) is -3.75. The van der Waals surface area contributed by atoms with Crippen molar-refractivity contribution in [1.29, 1.82) is 0 Å². The van der Waals surface area contributed by atoms with Crippen molar-refractivity contribution < 1.29 is 35.1 Å². The monoisotopic (exact) mass is 363 g/mol. The first-order chi connectivity index (χ1) is 11.6. The average molecular weight is 363 g/mol. The van der Waals surface area contributed by atoms with Gasteiger partial charge in [0.25, 0.3) is 0 Å². The van der Waals surface area contributed by atoms with E-state index in [4.69, 9.17) is 10.2 Å². The Morgan fingerprint density at radius 1 is 0.840 bits per heavy atom. The first-order valence-corrected chi connectivity index (χ1v) is 8.17. The fourth-order valence-electron chi connectivity index (χ4n) is 3.46. The van der Waals surface area contributed by atoms with E-state index in [-0.39, 0.29) is 25.9 Å². The van der Waals surface area contributed by atoms with Crippen molar-refractivity contribution in [3.8, 4) is 0 Å². The van der Waals surface area contributed by atoms with Gasteiger partial charge in [0.2, 0.25) is 0 Å². The lowest BCUT2D eigenvalue weighted by Gasteiger charge is -2.51. The number of rotatable bonds is 9. The van der Waals surface area contributed by atoms with Crippen molar-refractivity contribution in [1.82, 2.24) is 15.1 Å². The third-order valence-electron chi connectivity index (χ3n) is 4.84. The Kier molecular flexibility index (Phi) is 8.19. The summed E-state index contributed by atoms with van der Waals surface area (Å²) in [4.78, 5) is 24.7. The smallest absolute Gasteiger partial charge is 0.304 e. The zero-order valence-electron chi connectivity index (χ0n) is 14.7. The largest absolute Gasteiger partial charge is 0.481 e. The van der Waals surface area contributed by atoms with Gasteiger partial charge < -0.3 is 30.8 Å². The summed E-state index contributed by atoms with van der Waals surface area (Å²) in [6, 6.07) is -2.37. The Bertz CT molecular complexity index is 426. The maximum Gasteiger partial charge on any atom is 0.304 e. The molecule has 0 aromatic rings. The lowest BCUT2D eigenvalue weighted by Crippen LogP contribution is -2.73. The Hall–Kier alpha value is -1.30. The molecule has 0 spiro atoms. The van der Waals surface area contributed by atoms with Crippen molar-refractivity contribution in [2.24, 2.45) is 0 Å². The summed E-state index contributed by atoms with van der Waals surface area (Å²) >= 11 is 0. The summed E-state index contributed by atoms with van der Waals surface area (Å²) in [5.41, 5.74) is 0. The molecule has 1 saturated carbocycles. The van der Waals surface area contributed by atoms with Gasteiger partial charge in [0.15, 0.2) is 0 Å². The van der Waals surface area contributed by atoms with Crippen LogP contribution < -0.4 is 5.32 Å². The highest BCUT2D eigenvalue weighted by Gasteiger charge is 2.51. The van der Waals surface area contributed by atoms with Crippen molar-refractivity contribution in [2.75, 3.05) is 34.2 Å². The van der Waals surface area contributed by atoms with Crippen LogP contribution in [0.2, 0.25) is 0 Å². The fraction of sp³-hybridized carbons (Fsp3) is 0.867. The van der Waals surface area contributed by atoms with Gasteiger partial charge >= 0.3 is 11.9 Å². The molecule has 0 aliphatic heterocycles. The normalized spacial score (nSPS) is 33.0. The number of hydrogen-bond acceptors (Lipinski definition) is 8. The van der Waals surface area contributed by atoms with E-state index in [9.17, 15) is 24.9 Å². The second-order valence-electron chi connectivity index (χ2n) is 6.52. The van der Waals surface area contributed by atoms with Crippen LogP contribution in [0.3, 0.4) is 0 Å². The number of nitrogens with one attached hydrogen (secondary N) is 1. The molecule has 6 N–H and O–H groups in total. The van der Waals surface area contributed by atoms with Crippen molar-refractivity contribution in [3.63, 3.8) is 0 Å². The zero-order valence-corrected chi connectivity index (χ0v) is 14.7. The minimum absolute atomic E-state index is 0.117. The first-order valence-electron chi connectivity index (χ1n) is 8.17. The van der Waals surface area contributed by atoms with Crippen LogP contribution in [-0.2, 0) is 9.59 Å². The van der Waals surface area contributed by atoms with E-state index in [1.54, 1.807) is 30.9 Å². The highest BCUT2D eigenvalue weighted by molar-refractivity contribution is 5.67. The molecule has 1 fully saturated rings. The molecule has 0 heterocycles. The number of aliphatic carboxylic acids is 2. The summed E-state index contributed by atoms with van der Waals surface area (Å²) in [6.45, 7) is 0.235. The van der Waals surface area contributed by atoms with Crippen molar-refractivity contribution in [2.45, 2.75) is 49.3 Å². The molecule has 0 aromatic carbocycles. The molecule has 0 amide bonds. The summed E-state index contributed by atoms with van der Waals surface area (Å²) in [7, 11) is 4.76. The number of nitrogens with zero attached hydrogens (tertiary/aromatic N) is 2. The van der Waals surface area contributed by atoms with Gasteiger partial charge in [-0.25, -0.2) is 0 Å². The summed E-state index contributed by atoms with van der Waals surface area (Å²) < 4.78 is 0. The maximum atomic E-state index is 10.8. The van der Waals surface area contributed by atoms with Crippen molar-refractivity contribution >= 4 is 11.9 Å². The van der Waals surface area contributed by atoms with Gasteiger partial charge in [-0.1, -0.05) is 0 Å². The molecule has 0 unspecified atom stereocenters. The Morgan fingerprint density at radius 2 is 1.20 bits per heavy atom. The van der Waals surface area contributed by atoms with Crippen LogP contribution in [0.25, 0.3) is 0 Å². The maximum absolute atomic E-state index is 10.8. The van der Waals surface area contributed by atoms with Gasteiger partial charge in [0, 0.05) is 13.1 Å². The lowest BCUT2D eigenvalue weighted by atomic mass is 9.78. The molecule has 1 rings (SSSR count). The predicted octanol–water partition coefficient (Wildman–Crippen LogP) is -2.78. The molecule has 6 atom stereocenters. The first kappa shape index (κ1) is 21.7. The quantitative estimate of drug-likeness (QED) is 0.253. The standard InChI is InChI=1S/C15H29N3O7/c1-16-10-13(23)11(17(2)6-4-8(19)20)15(25)12(14(10)24)18(3)7-5-9(21)22/h10-16,23-25H,4-7H2,1-3H3,(H,19,20)(H,21,22)/t10-,11+,12-,13+,14-,15+. The van der Waals surface area contributed by atoms with E-state index >= 15 is 0 Å². The number of aliphatic hydroxyl groups excluding tert-OH is 3. The second-order valence-corrected chi connectivity index (χ2v) is 6.52. The van der Waals surface area contributed by atoms with Crippen LogP contribution in [0.15, 0.2) is 0 Å². The minimum atomic E-state index is -1.19. The molecule has 1 aliphatic rings. The van der Waals surface area contributed by atoms with Crippen molar-refractivity contribution in [3.05, 3.63) is 0 Å². The molecule has 10 nitrogen and oxygen atoms in total. The Balaban J connectivity index is 2.99. The topological polar surface area (TPSA) is 154 Å².